The van der Waals surface area contributed by atoms with E-state index in [9.17, 15) is 4.79 Å². The fourth-order valence-corrected chi connectivity index (χ4v) is 2.81. The van der Waals surface area contributed by atoms with Crippen molar-refractivity contribution in [2.45, 2.75) is 20.4 Å². The third kappa shape index (κ3) is 2.89. The number of nitrogens with zero attached hydrogens (tertiary/aromatic N) is 1. The molecule has 3 heteroatoms. The Kier molecular flexibility index (Phi) is 3.96. The molecule has 0 saturated carbocycles. The van der Waals surface area contributed by atoms with Crippen molar-refractivity contribution in [2.24, 2.45) is 0 Å². The Bertz CT molecular complexity index is 817. The molecule has 0 atom stereocenters. The van der Waals surface area contributed by atoms with E-state index in [1.807, 2.05) is 43.3 Å². The number of para-hydroxylation sites is 1. The van der Waals surface area contributed by atoms with Crippen LogP contribution in [-0.2, 0) is 6.54 Å². The predicted molar refractivity (Wildman–Crippen MR) is 90.2 cm³/mol. The maximum absolute atomic E-state index is 12.2. The smallest absolute Gasteiger partial charge is 0.251 e. The summed E-state index contributed by atoms with van der Waals surface area (Å²) in [5.41, 5.74) is 4.24. The van der Waals surface area contributed by atoms with Gasteiger partial charge in [-0.25, -0.2) is 0 Å². The van der Waals surface area contributed by atoms with Crippen LogP contribution in [0, 0.1) is 13.8 Å². The third-order valence-electron chi connectivity index (χ3n) is 3.92. The highest BCUT2D eigenvalue weighted by atomic mass is 16.1. The van der Waals surface area contributed by atoms with Gasteiger partial charge in [0.25, 0.3) is 5.91 Å². The van der Waals surface area contributed by atoms with E-state index in [0.29, 0.717) is 12.1 Å². The van der Waals surface area contributed by atoms with Gasteiger partial charge in [0.2, 0.25) is 0 Å². The first kappa shape index (κ1) is 14.4. The van der Waals surface area contributed by atoms with E-state index in [1.54, 1.807) is 0 Å². The first-order valence-electron chi connectivity index (χ1n) is 7.55. The van der Waals surface area contributed by atoms with Crippen LogP contribution in [0.25, 0.3) is 10.9 Å². The molecule has 3 aromatic rings. The molecule has 0 unspecified atom stereocenters. The Morgan fingerprint density at radius 1 is 1.05 bits per heavy atom. The molecule has 1 N–H and O–H groups in total. The van der Waals surface area contributed by atoms with Gasteiger partial charge in [0.15, 0.2) is 0 Å². The summed E-state index contributed by atoms with van der Waals surface area (Å²) in [6.07, 6.45) is 0. The fourth-order valence-electron chi connectivity index (χ4n) is 2.81. The van der Waals surface area contributed by atoms with Crippen molar-refractivity contribution in [3.05, 3.63) is 71.4 Å². The van der Waals surface area contributed by atoms with Crippen molar-refractivity contribution in [1.82, 2.24) is 9.88 Å². The number of amides is 1. The monoisotopic (exact) mass is 292 g/mol. The third-order valence-corrected chi connectivity index (χ3v) is 3.92. The summed E-state index contributed by atoms with van der Waals surface area (Å²) in [7, 11) is 0. The predicted octanol–water partition coefficient (Wildman–Crippen LogP) is 3.69. The van der Waals surface area contributed by atoms with Crippen LogP contribution in [0.5, 0.6) is 0 Å². The summed E-state index contributed by atoms with van der Waals surface area (Å²) in [6, 6.07) is 18.2. The molecule has 3 nitrogen and oxygen atoms in total. The van der Waals surface area contributed by atoms with Gasteiger partial charge in [0.1, 0.15) is 0 Å². The maximum Gasteiger partial charge on any atom is 0.251 e. The lowest BCUT2D eigenvalue weighted by Gasteiger charge is -2.10. The Morgan fingerprint density at radius 3 is 2.68 bits per heavy atom. The van der Waals surface area contributed by atoms with Gasteiger partial charge in [-0.1, -0.05) is 35.9 Å². The van der Waals surface area contributed by atoms with Crippen LogP contribution in [0.15, 0.2) is 54.6 Å². The van der Waals surface area contributed by atoms with Crippen LogP contribution in [0.3, 0.4) is 0 Å². The van der Waals surface area contributed by atoms with Gasteiger partial charge in [-0.15, -0.1) is 0 Å². The van der Waals surface area contributed by atoms with Crippen LogP contribution in [0.1, 0.15) is 21.6 Å². The quantitative estimate of drug-likeness (QED) is 0.782. The summed E-state index contributed by atoms with van der Waals surface area (Å²) in [5, 5.41) is 4.24. The number of nitrogens with one attached hydrogen (secondary N) is 1. The van der Waals surface area contributed by atoms with E-state index in [-0.39, 0.29) is 5.91 Å². The second kappa shape index (κ2) is 6.06. The molecule has 1 aromatic heterocycles. The molecule has 0 saturated heterocycles. The Hall–Kier alpha value is -2.55. The maximum atomic E-state index is 12.2. The molecule has 0 radical (unpaired) electrons. The van der Waals surface area contributed by atoms with Gasteiger partial charge < -0.3 is 9.88 Å². The van der Waals surface area contributed by atoms with Crippen LogP contribution in [0.2, 0.25) is 0 Å². The molecule has 0 spiro atoms. The van der Waals surface area contributed by atoms with E-state index < -0.39 is 0 Å². The summed E-state index contributed by atoms with van der Waals surface area (Å²) in [4.78, 5) is 12.2. The largest absolute Gasteiger partial charge is 0.350 e. The standard InChI is InChI=1S/C19H20N2O/c1-14-6-5-8-17(12-14)19(22)20-10-11-21-15(2)13-16-7-3-4-9-18(16)21/h3-9,12-13H,10-11H2,1-2H3,(H,20,22). The number of fused-ring (bicyclic) bond motifs is 1. The van der Waals surface area contributed by atoms with Gasteiger partial charge in [0, 0.05) is 29.9 Å². The molecular weight excluding hydrogens is 272 g/mol. The van der Waals surface area contributed by atoms with Crippen molar-refractivity contribution in [3.8, 4) is 0 Å². The van der Waals surface area contributed by atoms with Gasteiger partial charge in [-0.2, -0.15) is 0 Å². The van der Waals surface area contributed by atoms with Crippen LogP contribution >= 0.6 is 0 Å². The zero-order valence-corrected chi connectivity index (χ0v) is 13.0. The molecule has 112 valence electrons. The van der Waals surface area contributed by atoms with E-state index in [4.69, 9.17) is 0 Å². The molecule has 0 aliphatic carbocycles. The zero-order valence-electron chi connectivity index (χ0n) is 13.0. The number of hydrogen-bond donors (Lipinski definition) is 1. The molecule has 2 aromatic carbocycles. The molecule has 0 aliphatic rings. The zero-order chi connectivity index (χ0) is 15.5. The summed E-state index contributed by atoms with van der Waals surface area (Å²) >= 11 is 0. The Morgan fingerprint density at radius 2 is 1.86 bits per heavy atom. The number of aromatic nitrogens is 1. The van der Waals surface area contributed by atoms with E-state index in [1.165, 1.54) is 16.6 Å². The summed E-state index contributed by atoms with van der Waals surface area (Å²) < 4.78 is 2.24. The van der Waals surface area contributed by atoms with Crippen LogP contribution in [-0.4, -0.2) is 17.0 Å². The minimum Gasteiger partial charge on any atom is -0.350 e. The molecule has 0 aliphatic heterocycles. The van der Waals surface area contributed by atoms with E-state index in [2.05, 4.69) is 35.0 Å². The van der Waals surface area contributed by atoms with Gasteiger partial charge in [-0.05, 0) is 43.5 Å². The molecule has 1 amide bonds. The second-order valence-corrected chi connectivity index (χ2v) is 5.62. The summed E-state index contributed by atoms with van der Waals surface area (Å²) in [5.74, 6) is -0.0159. The van der Waals surface area contributed by atoms with E-state index in [0.717, 1.165) is 12.1 Å². The first-order chi connectivity index (χ1) is 10.6. The molecule has 22 heavy (non-hydrogen) atoms. The number of benzene rings is 2. The van der Waals surface area contributed by atoms with Crippen molar-refractivity contribution < 1.29 is 4.79 Å². The molecule has 1 heterocycles. The number of aryl methyl sites for hydroxylation is 2. The lowest BCUT2D eigenvalue weighted by atomic mass is 10.1. The van der Waals surface area contributed by atoms with Crippen LogP contribution in [0.4, 0.5) is 0 Å². The average Bonchev–Trinajstić information content (AvgIpc) is 2.83. The van der Waals surface area contributed by atoms with Crippen molar-refractivity contribution in [1.29, 1.82) is 0 Å². The minimum atomic E-state index is -0.0159. The highest BCUT2D eigenvalue weighted by Gasteiger charge is 2.07. The Balaban J connectivity index is 1.67. The Labute approximate surface area is 130 Å². The fraction of sp³-hybridized carbons (Fsp3) is 0.211. The average molecular weight is 292 g/mol. The molecule has 3 rings (SSSR count). The first-order valence-corrected chi connectivity index (χ1v) is 7.55. The topological polar surface area (TPSA) is 34.0 Å². The van der Waals surface area contributed by atoms with Gasteiger partial charge >= 0.3 is 0 Å². The van der Waals surface area contributed by atoms with E-state index >= 15 is 0 Å². The van der Waals surface area contributed by atoms with Gasteiger partial charge in [-0.3, -0.25) is 4.79 Å². The number of rotatable bonds is 4. The SMILES string of the molecule is Cc1cccc(C(=O)NCCn2c(C)cc3ccccc32)c1. The minimum absolute atomic E-state index is 0.0159. The lowest BCUT2D eigenvalue weighted by molar-refractivity contribution is 0.0952. The number of hydrogen-bond acceptors (Lipinski definition) is 1. The van der Waals surface area contributed by atoms with Crippen molar-refractivity contribution >= 4 is 16.8 Å². The highest BCUT2D eigenvalue weighted by Crippen LogP contribution is 2.18. The second-order valence-electron chi connectivity index (χ2n) is 5.62. The van der Waals surface area contributed by atoms with Gasteiger partial charge in [0.05, 0.1) is 0 Å². The lowest BCUT2D eigenvalue weighted by Crippen LogP contribution is -2.27. The molecule has 0 bridgehead atoms. The number of carbonyl (C=O) groups excluding carboxylic acids is 1. The van der Waals surface area contributed by atoms with Crippen molar-refractivity contribution in [2.75, 3.05) is 6.54 Å². The molecule has 0 fully saturated rings. The van der Waals surface area contributed by atoms with Crippen molar-refractivity contribution in [3.63, 3.8) is 0 Å². The molecular formula is C19H20N2O. The summed E-state index contributed by atoms with van der Waals surface area (Å²) in [6.45, 7) is 5.48. The number of carbonyl (C=O) groups is 1. The highest BCUT2D eigenvalue weighted by molar-refractivity contribution is 5.94. The van der Waals surface area contributed by atoms with Crippen LogP contribution < -0.4 is 5.32 Å². The normalized spacial score (nSPS) is 10.8.